The molecule has 0 amide bonds. The normalized spacial score (nSPS) is 17.5. The summed E-state index contributed by atoms with van der Waals surface area (Å²) in [6.07, 6.45) is 1.08. The highest BCUT2D eigenvalue weighted by Crippen LogP contribution is 2.34. The van der Waals surface area contributed by atoms with Gasteiger partial charge < -0.3 is 4.74 Å². The van der Waals surface area contributed by atoms with E-state index in [1.54, 1.807) is 0 Å². The van der Waals surface area contributed by atoms with E-state index in [1.165, 1.54) is 36.6 Å². The van der Waals surface area contributed by atoms with Crippen molar-refractivity contribution in [3.05, 3.63) is 71.5 Å². The molecule has 2 aromatic carbocycles. The van der Waals surface area contributed by atoms with Gasteiger partial charge in [0.15, 0.2) is 15.9 Å². The zero-order valence-corrected chi connectivity index (χ0v) is 13.3. The number of carbonyl (C=O) groups excluding carboxylic acids is 1. The van der Waals surface area contributed by atoms with Gasteiger partial charge in [-0.15, -0.1) is 0 Å². The lowest BCUT2D eigenvalue weighted by molar-refractivity contribution is -0.119. The third-order valence-corrected chi connectivity index (χ3v) is 4.77. The van der Waals surface area contributed by atoms with Gasteiger partial charge in [-0.2, -0.15) is 0 Å². The Labute approximate surface area is 137 Å². The van der Waals surface area contributed by atoms with Crippen LogP contribution in [0.3, 0.4) is 0 Å². The minimum absolute atomic E-state index is 0.207. The van der Waals surface area contributed by atoms with E-state index in [2.05, 4.69) is 0 Å². The van der Waals surface area contributed by atoms with Gasteiger partial charge in [0.05, 0.1) is 11.8 Å². The molecule has 0 fully saturated rings. The fraction of sp³-hybridized carbons (Fsp3) is 0.118. The number of Topliss-reactive ketones (excluding diaryl/α,β-unsaturated/α-hetero) is 1. The highest BCUT2D eigenvalue weighted by molar-refractivity contribution is 7.90. The molecule has 0 saturated heterocycles. The molecule has 1 aliphatic heterocycles. The van der Waals surface area contributed by atoms with Crippen molar-refractivity contribution in [1.82, 2.24) is 0 Å². The molecule has 1 aliphatic rings. The molecule has 3 rings (SSSR count). The lowest BCUT2D eigenvalue weighted by Gasteiger charge is -2.11. The predicted octanol–water partition coefficient (Wildman–Crippen LogP) is 3.05. The zero-order valence-electron chi connectivity index (χ0n) is 12.5. The standard InChI is InChI=1S/C17H12F2O4S/c1-24(21,22)15-7-4-11(8-14(15)19)17-16(20)13(9-23-17)10-2-5-12(18)6-3-10/h2-9,17H,1H3. The van der Waals surface area contributed by atoms with E-state index >= 15 is 0 Å². The molecular weight excluding hydrogens is 338 g/mol. The quantitative estimate of drug-likeness (QED) is 0.854. The SMILES string of the molecule is CS(=O)(=O)c1ccc(C2OC=C(c3ccc(F)cc3)C2=O)cc1F. The van der Waals surface area contributed by atoms with Crippen LogP contribution in [-0.2, 0) is 19.4 Å². The topological polar surface area (TPSA) is 60.4 Å². The Hall–Kier alpha value is -2.54. The van der Waals surface area contributed by atoms with Crippen LogP contribution in [0, 0.1) is 11.6 Å². The maximum atomic E-state index is 14.0. The van der Waals surface area contributed by atoms with Crippen LogP contribution < -0.4 is 0 Å². The van der Waals surface area contributed by atoms with Gasteiger partial charge >= 0.3 is 0 Å². The molecule has 0 N–H and O–H groups in total. The maximum absolute atomic E-state index is 14.0. The molecule has 0 radical (unpaired) electrons. The largest absolute Gasteiger partial charge is 0.484 e. The van der Waals surface area contributed by atoms with Crippen LogP contribution in [0.1, 0.15) is 17.2 Å². The minimum Gasteiger partial charge on any atom is -0.484 e. The Morgan fingerprint density at radius 3 is 2.29 bits per heavy atom. The molecule has 7 heteroatoms. The average Bonchev–Trinajstić information content (AvgIpc) is 2.88. The zero-order chi connectivity index (χ0) is 17.5. The van der Waals surface area contributed by atoms with E-state index in [1.807, 2.05) is 0 Å². The van der Waals surface area contributed by atoms with E-state index in [0.717, 1.165) is 18.4 Å². The summed E-state index contributed by atoms with van der Waals surface area (Å²) in [5.74, 6) is -1.78. The summed E-state index contributed by atoms with van der Waals surface area (Å²) in [7, 11) is -3.69. The summed E-state index contributed by atoms with van der Waals surface area (Å²) in [4.78, 5) is 12.0. The Kier molecular flexibility index (Phi) is 3.96. The summed E-state index contributed by atoms with van der Waals surface area (Å²) in [5.41, 5.74) is 0.933. The van der Waals surface area contributed by atoms with Crippen molar-refractivity contribution in [2.45, 2.75) is 11.0 Å². The molecule has 124 valence electrons. The van der Waals surface area contributed by atoms with E-state index in [0.29, 0.717) is 5.56 Å². The monoisotopic (exact) mass is 350 g/mol. The van der Waals surface area contributed by atoms with Crippen molar-refractivity contribution in [2.75, 3.05) is 6.26 Å². The van der Waals surface area contributed by atoms with Gasteiger partial charge in [0.1, 0.15) is 16.5 Å². The first-order chi connectivity index (χ1) is 11.3. The van der Waals surface area contributed by atoms with Crippen LogP contribution in [0.25, 0.3) is 5.57 Å². The van der Waals surface area contributed by atoms with Gasteiger partial charge in [0.25, 0.3) is 0 Å². The second kappa shape index (κ2) is 5.83. The van der Waals surface area contributed by atoms with E-state index in [4.69, 9.17) is 4.74 Å². The molecule has 1 unspecified atom stereocenters. The third-order valence-electron chi connectivity index (χ3n) is 3.64. The highest BCUT2D eigenvalue weighted by Gasteiger charge is 2.32. The molecule has 1 atom stereocenters. The van der Waals surface area contributed by atoms with Crippen molar-refractivity contribution in [3.8, 4) is 0 Å². The summed E-state index contributed by atoms with van der Waals surface area (Å²) < 4.78 is 55.1. The van der Waals surface area contributed by atoms with Crippen LogP contribution in [0.4, 0.5) is 8.78 Å². The third kappa shape index (κ3) is 2.94. The fourth-order valence-electron chi connectivity index (χ4n) is 2.45. The number of rotatable bonds is 3. The van der Waals surface area contributed by atoms with E-state index in [9.17, 15) is 22.0 Å². The molecule has 0 aliphatic carbocycles. The van der Waals surface area contributed by atoms with Gasteiger partial charge in [0, 0.05) is 11.8 Å². The van der Waals surface area contributed by atoms with Gasteiger partial charge in [-0.3, -0.25) is 4.79 Å². The van der Waals surface area contributed by atoms with Crippen molar-refractivity contribution in [3.63, 3.8) is 0 Å². The number of ketones is 1. The van der Waals surface area contributed by atoms with Crippen LogP contribution in [0.5, 0.6) is 0 Å². The van der Waals surface area contributed by atoms with Crippen molar-refractivity contribution in [1.29, 1.82) is 0 Å². The molecular formula is C17H12F2O4S. The Morgan fingerprint density at radius 1 is 1.04 bits per heavy atom. The summed E-state index contributed by atoms with van der Waals surface area (Å²) in [6.45, 7) is 0. The van der Waals surface area contributed by atoms with Gasteiger partial charge in [0.2, 0.25) is 5.78 Å². The van der Waals surface area contributed by atoms with Gasteiger partial charge in [-0.25, -0.2) is 17.2 Å². The molecule has 0 bridgehead atoms. The Balaban J connectivity index is 1.89. The number of sulfone groups is 1. The first-order valence-electron chi connectivity index (χ1n) is 6.92. The summed E-state index contributed by atoms with van der Waals surface area (Å²) >= 11 is 0. The second-order valence-corrected chi connectivity index (χ2v) is 7.36. The maximum Gasteiger partial charge on any atom is 0.211 e. The molecule has 0 saturated carbocycles. The number of hydrogen-bond donors (Lipinski definition) is 0. The van der Waals surface area contributed by atoms with Gasteiger partial charge in [-0.1, -0.05) is 18.2 Å². The highest BCUT2D eigenvalue weighted by atomic mass is 32.2. The minimum atomic E-state index is -3.69. The lowest BCUT2D eigenvalue weighted by atomic mass is 9.97. The first kappa shape index (κ1) is 16.3. The summed E-state index contributed by atoms with van der Waals surface area (Å²) in [5, 5.41) is 0. The van der Waals surface area contributed by atoms with Crippen LogP contribution >= 0.6 is 0 Å². The van der Waals surface area contributed by atoms with Crippen molar-refractivity contribution >= 4 is 21.2 Å². The second-order valence-electron chi connectivity index (χ2n) is 5.38. The predicted molar refractivity (Wildman–Crippen MR) is 82.7 cm³/mol. The van der Waals surface area contributed by atoms with Crippen molar-refractivity contribution in [2.24, 2.45) is 0 Å². The van der Waals surface area contributed by atoms with Crippen LogP contribution in [0.15, 0.2) is 53.6 Å². The lowest BCUT2D eigenvalue weighted by Crippen LogP contribution is -2.11. The smallest absolute Gasteiger partial charge is 0.211 e. The molecule has 24 heavy (non-hydrogen) atoms. The Bertz CT molecular complexity index is 947. The number of benzene rings is 2. The fourth-order valence-corrected chi connectivity index (χ4v) is 3.18. The summed E-state index contributed by atoms with van der Waals surface area (Å²) in [6, 6.07) is 8.74. The molecule has 0 spiro atoms. The van der Waals surface area contributed by atoms with E-state index < -0.39 is 38.3 Å². The van der Waals surface area contributed by atoms with Crippen LogP contribution in [0.2, 0.25) is 0 Å². The number of hydrogen-bond acceptors (Lipinski definition) is 4. The number of halogens is 2. The number of carbonyl (C=O) groups is 1. The molecule has 4 nitrogen and oxygen atoms in total. The molecule has 1 heterocycles. The van der Waals surface area contributed by atoms with Crippen LogP contribution in [-0.4, -0.2) is 20.5 Å². The first-order valence-corrected chi connectivity index (χ1v) is 8.82. The van der Waals surface area contributed by atoms with E-state index in [-0.39, 0.29) is 11.1 Å². The van der Waals surface area contributed by atoms with Gasteiger partial charge in [-0.05, 0) is 29.8 Å². The van der Waals surface area contributed by atoms with Crippen molar-refractivity contribution < 1.29 is 26.7 Å². The Morgan fingerprint density at radius 2 is 1.71 bits per heavy atom. The number of ether oxygens (including phenoxy) is 1. The average molecular weight is 350 g/mol. The molecule has 0 aromatic heterocycles. The molecule has 2 aromatic rings.